The van der Waals surface area contributed by atoms with Crippen molar-refractivity contribution in [2.24, 2.45) is 11.3 Å². The quantitative estimate of drug-likeness (QED) is 0.646. The van der Waals surface area contributed by atoms with Crippen molar-refractivity contribution in [3.63, 3.8) is 0 Å². The Hall–Kier alpha value is -2.33. The van der Waals surface area contributed by atoms with Crippen LogP contribution in [0.5, 0.6) is 0 Å². The van der Waals surface area contributed by atoms with E-state index in [1.54, 1.807) is 4.90 Å². The fraction of sp³-hybridized carbons (Fsp3) is 0.552. The first kappa shape index (κ1) is 22.5. The third-order valence-corrected chi connectivity index (χ3v) is 8.51. The zero-order chi connectivity index (χ0) is 23.2. The monoisotopic (exact) mass is 445 g/mol. The average molecular weight is 446 g/mol. The highest BCUT2D eigenvalue weighted by atomic mass is 16.4. The summed E-state index contributed by atoms with van der Waals surface area (Å²) in [5.74, 6) is 0.454. The van der Waals surface area contributed by atoms with E-state index in [1.165, 1.54) is 27.8 Å². The highest BCUT2D eigenvalue weighted by molar-refractivity contribution is 5.68. The number of aryl methyl sites for hydroxylation is 2. The Labute approximate surface area is 198 Å². The summed E-state index contributed by atoms with van der Waals surface area (Å²) in [6.45, 7) is 9.74. The van der Waals surface area contributed by atoms with Crippen molar-refractivity contribution in [3.8, 4) is 11.1 Å². The van der Waals surface area contributed by atoms with Crippen LogP contribution in [0.15, 0.2) is 42.5 Å². The number of fused-ring (bicyclic) bond motifs is 4. The topological polar surface area (TPSA) is 46.6 Å². The molecule has 3 heterocycles. The minimum absolute atomic E-state index is 0.0403. The number of amides is 1. The molecule has 4 aliphatic rings. The second-order valence-corrected chi connectivity index (χ2v) is 11.1. The zero-order valence-electron chi connectivity index (χ0n) is 20.3. The molecule has 0 N–H and O–H groups in total. The molecule has 2 aromatic rings. The van der Waals surface area contributed by atoms with Crippen molar-refractivity contribution in [2.75, 3.05) is 19.6 Å². The largest absolute Gasteiger partial charge is 0.530 e. The average Bonchev–Trinajstić information content (AvgIpc) is 2.82. The summed E-state index contributed by atoms with van der Waals surface area (Å²) in [6.07, 6.45) is 5.43. The Bertz CT molecular complexity index is 1000. The van der Waals surface area contributed by atoms with E-state index in [0.717, 1.165) is 58.2 Å². The molecule has 6 rings (SSSR count). The van der Waals surface area contributed by atoms with E-state index in [9.17, 15) is 9.90 Å². The summed E-state index contributed by atoms with van der Waals surface area (Å²) >= 11 is 0. The Kier molecular flexibility index (Phi) is 5.98. The lowest BCUT2D eigenvalue weighted by Crippen LogP contribution is -2.63. The van der Waals surface area contributed by atoms with Crippen LogP contribution in [0.2, 0.25) is 0 Å². The second-order valence-electron chi connectivity index (χ2n) is 11.1. The molecule has 0 aromatic heterocycles. The van der Waals surface area contributed by atoms with Crippen LogP contribution >= 0.6 is 0 Å². The van der Waals surface area contributed by atoms with Crippen LogP contribution in [0.25, 0.3) is 11.1 Å². The lowest BCUT2D eigenvalue weighted by molar-refractivity contribution is -0.277. The van der Waals surface area contributed by atoms with Crippen molar-refractivity contribution in [1.82, 2.24) is 9.80 Å². The van der Waals surface area contributed by atoms with E-state index < -0.39 is 6.09 Å². The number of piperidine rings is 3. The fourth-order valence-electron chi connectivity index (χ4n) is 6.64. The highest BCUT2D eigenvalue weighted by Gasteiger charge is 2.46. The van der Waals surface area contributed by atoms with Gasteiger partial charge in [0.05, 0.1) is 6.04 Å². The summed E-state index contributed by atoms with van der Waals surface area (Å²) in [4.78, 5) is 16.8. The number of carbonyl (C=O) groups is 1. The van der Waals surface area contributed by atoms with Crippen LogP contribution in [-0.2, 0) is 12.8 Å². The summed E-state index contributed by atoms with van der Waals surface area (Å²) < 4.78 is 0. The summed E-state index contributed by atoms with van der Waals surface area (Å²) in [6, 6.07) is 15.5. The zero-order valence-corrected chi connectivity index (χ0v) is 20.3. The molecule has 3 saturated heterocycles. The number of benzene rings is 2. The molecule has 4 nitrogen and oxygen atoms in total. The number of hydrogen-bond acceptors (Lipinski definition) is 3. The Morgan fingerprint density at radius 2 is 1.79 bits per heavy atom. The van der Waals surface area contributed by atoms with Gasteiger partial charge in [-0.3, -0.25) is 0 Å². The first-order chi connectivity index (χ1) is 15.9. The molecule has 2 bridgehead atoms. The fourth-order valence-corrected chi connectivity index (χ4v) is 6.64. The van der Waals surface area contributed by atoms with Crippen molar-refractivity contribution in [2.45, 2.75) is 71.4 Å². The first-order valence-corrected chi connectivity index (χ1v) is 12.8. The van der Waals surface area contributed by atoms with E-state index in [1.807, 2.05) is 0 Å². The van der Waals surface area contributed by atoms with Crippen LogP contribution in [0, 0.1) is 11.3 Å². The predicted molar refractivity (Wildman–Crippen MR) is 131 cm³/mol. The van der Waals surface area contributed by atoms with Crippen LogP contribution in [-0.4, -0.2) is 41.6 Å². The van der Waals surface area contributed by atoms with Gasteiger partial charge in [-0.15, -0.1) is 0 Å². The Morgan fingerprint density at radius 3 is 2.39 bits per heavy atom. The molecule has 3 fully saturated rings. The van der Waals surface area contributed by atoms with E-state index in [-0.39, 0.29) is 17.5 Å². The van der Waals surface area contributed by atoms with Crippen molar-refractivity contribution < 1.29 is 9.90 Å². The molecule has 0 radical (unpaired) electrons. The summed E-state index contributed by atoms with van der Waals surface area (Å²) in [7, 11) is 0. The summed E-state index contributed by atoms with van der Waals surface area (Å²) in [5, 5.41) is 12.6. The second kappa shape index (κ2) is 8.79. The smallest absolute Gasteiger partial charge is 0.137 e. The number of carboxylic acid groups (broad SMARTS) is 1. The lowest BCUT2D eigenvalue weighted by atomic mass is 9.68. The molecule has 0 saturated carbocycles. The van der Waals surface area contributed by atoms with Gasteiger partial charge >= 0.3 is 0 Å². The Balaban J connectivity index is 1.50. The third kappa shape index (κ3) is 4.19. The highest BCUT2D eigenvalue weighted by Crippen LogP contribution is 2.50. The molecule has 4 heteroatoms. The molecule has 1 amide bonds. The van der Waals surface area contributed by atoms with Crippen molar-refractivity contribution >= 4 is 6.09 Å². The maximum Gasteiger partial charge on any atom is 0.137 e. The number of carbonyl (C=O) groups excluding carboxylic acids is 1. The molecule has 0 spiro atoms. The predicted octanol–water partition coefficient (Wildman–Crippen LogP) is 5.06. The van der Waals surface area contributed by atoms with Crippen LogP contribution in [0.4, 0.5) is 4.79 Å². The number of nitrogens with zero attached hydrogens (tertiary/aromatic N) is 2. The van der Waals surface area contributed by atoms with Crippen LogP contribution in [0.3, 0.4) is 0 Å². The van der Waals surface area contributed by atoms with E-state index in [2.05, 4.69) is 68.1 Å². The molecular formula is C29H37N2O2-. The van der Waals surface area contributed by atoms with Gasteiger partial charge in [0, 0.05) is 12.6 Å². The number of hydrogen-bond donors (Lipinski definition) is 0. The van der Waals surface area contributed by atoms with Gasteiger partial charge in [0.25, 0.3) is 0 Å². The third-order valence-electron chi connectivity index (χ3n) is 8.51. The van der Waals surface area contributed by atoms with Crippen LogP contribution < -0.4 is 5.11 Å². The standard InChI is InChI=1S/C29H38N2O2/c1-4-5-20-6-8-21(9-7-20)23-10-11-25-24(18-23)12-15-29(2,3)27(25)31(28(32)33)26-19-30-16-13-22(26)14-17-30/h6-11,18,22,26-27H,4-5,12-17,19H2,1-3H3,(H,32,33)/p-1/t26-,27+/m1/s1. The molecule has 1 aliphatic carbocycles. The van der Waals surface area contributed by atoms with E-state index >= 15 is 0 Å². The van der Waals surface area contributed by atoms with Crippen LogP contribution in [0.1, 0.15) is 69.2 Å². The molecule has 33 heavy (non-hydrogen) atoms. The van der Waals surface area contributed by atoms with Gasteiger partial charge in [-0.25, -0.2) is 0 Å². The molecule has 3 aliphatic heterocycles. The van der Waals surface area contributed by atoms with Gasteiger partial charge in [-0.2, -0.15) is 0 Å². The lowest BCUT2D eigenvalue weighted by Gasteiger charge is -2.56. The maximum absolute atomic E-state index is 12.6. The van der Waals surface area contributed by atoms with Gasteiger partial charge in [0.2, 0.25) is 0 Å². The Morgan fingerprint density at radius 1 is 1.09 bits per heavy atom. The van der Waals surface area contributed by atoms with Crippen molar-refractivity contribution in [3.05, 3.63) is 59.2 Å². The minimum atomic E-state index is -1.00. The van der Waals surface area contributed by atoms with E-state index in [0.29, 0.717) is 5.92 Å². The molecule has 176 valence electrons. The molecule has 2 aromatic carbocycles. The maximum atomic E-state index is 12.6. The molecular weight excluding hydrogens is 408 g/mol. The molecule has 2 atom stereocenters. The number of rotatable bonds is 5. The van der Waals surface area contributed by atoms with Gasteiger partial charge < -0.3 is 19.7 Å². The minimum Gasteiger partial charge on any atom is -0.530 e. The van der Waals surface area contributed by atoms with Gasteiger partial charge in [0.15, 0.2) is 0 Å². The van der Waals surface area contributed by atoms with Crippen molar-refractivity contribution in [1.29, 1.82) is 0 Å². The van der Waals surface area contributed by atoms with E-state index in [4.69, 9.17) is 0 Å². The van der Waals surface area contributed by atoms with Gasteiger partial charge in [-0.1, -0.05) is 69.7 Å². The van der Waals surface area contributed by atoms with Gasteiger partial charge in [-0.05, 0) is 84.3 Å². The SMILES string of the molecule is CCCc1ccc(-c2ccc3c(c2)CCC(C)(C)[C@H]3N(C(=O)[O-])[C@@H]2CN3CCC2CC3)cc1. The summed E-state index contributed by atoms with van der Waals surface area (Å²) in [5.41, 5.74) is 6.18. The normalized spacial score (nSPS) is 27.7. The van der Waals surface area contributed by atoms with Gasteiger partial charge in [0.1, 0.15) is 6.09 Å². The molecule has 0 unspecified atom stereocenters. The first-order valence-electron chi connectivity index (χ1n) is 12.8.